The first kappa shape index (κ1) is 18.9. The van der Waals surface area contributed by atoms with E-state index < -0.39 is 12.0 Å². The molecule has 0 fully saturated rings. The van der Waals surface area contributed by atoms with Crippen LogP contribution in [0.25, 0.3) is 0 Å². The molecule has 0 aromatic carbocycles. The monoisotopic (exact) mass is 285 g/mol. The van der Waals surface area contributed by atoms with Gasteiger partial charge in [0.25, 0.3) is 0 Å². The molecule has 0 spiro atoms. The van der Waals surface area contributed by atoms with Crippen LogP contribution in [-0.4, -0.2) is 23.0 Å². The summed E-state index contributed by atoms with van der Waals surface area (Å²) in [6.45, 7) is 3.98. The fourth-order valence-electron chi connectivity index (χ4n) is 2.20. The van der Waals surface area contributed by atoms with E-state index >= 15 is 0 Å². The molecule has 4 nitrogen and oxygen atoms in total. The van der Waals surface area contributed by atoms with Gasteiger partial charge in [-0.05, 0) is 12.8 Å². The van der Waals surface area contributed by atoms with Gasteiger partial charge >= 0.3 is 5.97 Å². The zero-order valence-electron chi connectivity index (χ0n) is 13.1. The van der Waals surface area contributed by atoms with Gasteiger partial charge in [-0.25, -0.2) is 4.79 Å². The second kappa shape index (κ2) is 12.9. The van der Waals surface area contributed by atoms with E-state index in [2.05, 4.69) is 12.2 Å². The van der Waals surface area contributed by atoms with Crippen molar-refractivity contribution >= 4 is 11.9 Å². The molecule has 0 rings (SSSR count). The summed E-state index contributed by atoms with van der Waals surface area (Å²) in [5, 5.41) is 11.4. The first-order chi connectivity index (χ1) is 9.61. The zero-order valence-corrected chi connectivity index (χ0v) is 13.1. The number of aliphatic carboxylic acids is 1. The van der Waals surface area contributed by atoms with E-state index in [1.54, 1.807) is 6.92 Å². The van der Waals surface area contributed by atoms with Crippen LogP contribution in [0.4, 0.5) is 0 Å². The topological polar surface area (TPSA) is 66.4 Å². The Morgan fingerprint density at radius 3 is 1.85 bits per heavy atom. The standard InChI is InChI=1S/C16H31NO3/c1-3-5-6-7-8-9-10-11-12-13-15(18)17-14(4-2)16(19)20/h14H,3-13H2,1-2H3,(H,17,18)(H,19,20)/t14-/m1/s1. The summed E-state index contributed by atoms with van der Waals surface area (Å²) in [7, 11) is 0. The molecule has 0 aromatic heterocycles. The van der Waals surface area contributed by atoms with Crippen molar-refractivity contribution in [3.8, 4) is 0 Å². The lowest BCUT2D eigenvalue weighted by atomic mass is 10.1. The molecule has 0 aromatic rings. The van der Waals surface area contributed by atoms with Crippen LogP contribution in [0.3, 0.4) is 0 Å². The maximum atomic E-state index is 11.5. The molecule has 118 valence electrons. The van der Waals surface area contributed by atoms with Crippen molar-refractivity contribution in [3.63, 3.8) is 0 Å². The first-order valence-electron chi connectivity index (χ1n) is 8.14. The summed E-state index contributed by atoms with van der Waals surface area (Å²) < 4.78 is 0. The number of amides is 1. The Bertz CT molecular complexity index is 266. The Morgan fingerprint density at radius 2 is 1.40 bits per heavy atom. The second-order valence-electron chi connectivity index (χ2n) is 5.45. The number of unbranched alkanes of at least 4 members (excludes halogenated alkanes) is 8. The molecule has 1 atom stereocenters. The Hall–Kier alpha value is -1.06. The molecule has 1 amide bonds. The number of hydrogen-bond acceptors (Lipinski definition) is 2. The Labute approximate surface area is 123 Å². The van der Waals surface area contributed by atoms with Crippen molar-refractivity contribution in [2.75, 3.05) is 0 Å². The normalized spacial score (nSPS) is 12.1. The maximum Gasteiger partial charge on any atom is 0.326 e. The molecular formula is C16H31NO3. The lowest BCUT2D eigenvalue weighted by Gasteiger charge is -2.11. The van der Waals surface area contributed by atoms with Crippen LogP contribution in [0.2, 0.25) is 0 Å². The summed E-state index contributed by atoms with van der Waals surface area (Å²) in [6.07, 6.45) is 11.8. The summed E-state index contributed by atoms with van der Waals surface area (Å²) in [5.74, 6) is -1.09. The van der Waals surface area contributed by atoms with Crippen LogP contribution in [0, 0.1) is 0 Å². The number of hydrogen-bond donors (Lipinski definition) is 2. The molecule has 4 heteroatoms. The summed E-state index contributed by atoms with van der Waals surface area (Å²) in [4.78, 5) is 22.3. The minimum absolute atomic E-state index is 0.137. The van der Waals surface area contributed by atoms with Gasteiger partial charge in [0.2, 0.25) is 5.91 Å². The first-order valence-corrected chi connectivity index (χ1v) is 8.14. The Balaban J connectivity index is 3.41. The van der Waals surface area contributed by atoms with Crippen LogP contribution in [0.5, 0.6) is 0 Å². The molecule has 0 heterocycles. The van der Waals surface area contributed by atoms with Gasteiger partial charge in [0.1, 0.15) is 6.04 Å². The van der Waals surface area contributed by atoms with E-state index in [9.17, 15) is 9.59 Å². The van der Waals surface area contributed by atoms with Gasteiger partial charge in [0.15, 0.2) is 0 Å². The predicted molar refractivity (Wildman–Crippen MR) is 81.7 cm³/mol. The Morgan fingerprint density at radius 1 is 0.900 bits per heavy atom. The molecule has 0 unspecified atom stereocenters. The fourth-order valence-corrected chi connectivity index (χ4v) is 2.20. The number of carboxylic acids is 1. The van der Waals surface area contributed by atoms with Gasteiger partial charge in [-0.3, -0.25) is 4.79 Å². The van der Waals surface area contributed by atoms with Crippen LogP contribution in [-0.2, 0) is 9.59 Å². The van der Waals surface area contributed by atoms with E-state index in [0.717, 1.165) is 12.8 Å². The van der Waals surface area contributed by atoms with Gasteiger partial charge in [0.05, 0.1) is 0 Å². The third kappa shape index (κ3) is 10.8. The zero-order chi connectivity index (χ0) is 15.2. The number of carbonyl (C=O) groups excluding carboxylic acids is 1. The lowest BCUT2D eigenvalue weighted by Crippen LogP contribution is -2.40. The van der Waals surface area contributed by atoms with Crippen LogP contribution in [0.15, 0.2) is 0 Å². The number of carbonyl (C=O) groups is 2. The quantitative estimate of drug-likeness (QED) is 0.505. The average Bonchev–Trinajstić information content (AvgIpc) is 2.42. The van der Waals surface area contributed by atoms with Crippen LogP contribution < -0.4 is 5.32 Å². The minimum atomic E-state index is -0.951. The highest BCUT2D eigenvalue weighted by atomic mass is 16.4. The highest BCUT2D eigenvalue weighted by Crippen LogP contribution is 2.10. The van der Waals surface area contributed by atoms with Crippen LogP contribution >= 0.6 is 0 Å². The smallest absolute Gasteiger partial charge is 0.326 e. The third-order valence-electron chi connectivity index (χ3n) is 3.55. The van der Waals surface area contributed by atoms with E-state index in [-0.39, 0.29) is 5.91 Å². The summed E-state index contributed by atoms with van der Waals surface area (Å²) in [5.41, 5.74) is 0. The third-order valence-corrected chi connectivity index (χ3v) is 3.55. The maximum absolute atomic E-state index is 11.5. The van der Waals surface area contributed by atoms with Crippen molar-refractivity contribution < 1.29 is 14.7 Å². The van der Waals surface area contributed by atoms with E-state index in [1.807, 2.05) is 0 Å². The van der Waals surface area contributed by atoms with Crippen molar-refractivity contribution in [1.82, 2.24) is 5.32 Å². The van der Waals surface area contributed by atoms with Crippen molar-refractivity contribution in [1.29, 1.82) is 0 Å². The van der Waals surface area contributed by atoms with Gasteiger partial charge in [-0.2, -0.15) is 0 Å². The van der Waals surface area contributed by atoms with Crippen molar-refractivity contribution in [2.24, 2.45) is 0 Å². The van der Waals surface area contributed by atoms with E-state index in [0.29, 0.717) is 12.8 Å². The molecular weight excluding hydrogens is 254 g/mol. The fraction of sp³-hybridized carbons (Fsp3) is 0.875. The molecule has 0 aliphatic heterocycles. The largest absolute Gasteiger partial charge is 0.480 e. The molecule has 0 saturated heterocycles. The number of rotatable bonds is 13. The van der Waals surface area contributed by atoms with Gasteiger partial charge in [0, 0.05) is 6.42 Å². The molecule has 0 saturated carbocycles. The van der Waals surface area contributed by atoms with Crippen molar-refractivity contribution in [2.45, 2.75) is 90.5 Å². The van der Waals surface area contributed by atoms with Gasteiger partial charge < -0.3 is 10.4 Å². The Kier molecular flexibility index (Phi) is 12.3. The van der Waals surface area contributed by atoms with Gasteiger partial charge in [-0.1, -0.05) is 65.2 Å². The molecule has 0 aliphatic carbocycles. The number of carboxylic acid groups (broad SMARTS) is 1. The lowest BCUT2D eigenvalue weighted by molar-refractivity contribution is -0.141. The van der Waals surface area contributed by atoms with E-state index in [1.165, 1.54) is 44.9 Å². The SMILES string of the molecule is CCCCCCCCCCCC(=O)N[C@H](CC)C(=O)O. The highest BCUT2D eigenvalue weighted by molar-refractivity contribution is 5.83. The van der Waals surface area contributed by atoms with Crippen LogP contribution in [0.1, 0.15) is 84.5 Å². The molecule has 0 bridgehead atoms. The molecule has 2 N–H and O–H groups in total. The van der Waals surface area contributed by atoms with E-state index in [4.69, 9.17) is 5.11 Å². The number of nitrogens with one attached hydrogen (secondary N) is 1. The average molecular weight is 285 g/mol. The molecule has 0 radical (unpaired) electrons. The summed E-state index contributed by atoms with van der Waals surface area (Å²) >= 11 is 0. The predicted octanol–water partition coefficient (Wildman–Crippen LogP) is 3.89. The minimum Gasteiger partial charge on any atom is -0.480 e. The van der Waals surface area contributed by atoms with Crippen molar-refractivity contribution in [3.05, 3.63) is 0 Å². The second-order valence-corrected chi connectivity index (χ2v) is 5.45. The highest BCUT2D eigenvalue weighted by Gasteiger charge is 2.16. The molecule has 0 aliphatic rings. The van der Waals surface area contributed by atoms with Gasteiger partial charge in [-0.15, -0.1) is 0 Å². The summed E-state index contributed by atoms with van der Waals surface area (Å²) in [6, 6.07) is -0.735. The molecule has 20 heavy (non-hydrogen) atoms.